The first kappa shape index (κ1) is 23.9. The van der Waals surface area contributed by atoms with E-state index in [2.05, 4.69) is 19.9 Å². The lowest BCUT2D eigenvalue weighted by atomic mass is 9.81. The molecule has 0 amide bonds. The molecule has 0 spiro atoms. The fourth-order valence-electron chi connectivity index (χ4n) is 3.59. The zero-order chi connectivity index (χ0) is 24.5. The minimum absolute atomic E-state index is 0.00986. The number of Topliss-reactive ketones (excluding diaryl/α,β-unsaturated/α-hetero) is 1. The smallest absolute Gasteiger partial charge is 0.160 e. The number of hydrogen-bond acceptors (Lipinski definition) is 8. The number of carbonyl (C=O) groups excluding carboxylic acids is 1. The van der Waals surface area contributed by atoms with Crippen molar-refractivity contribution in [2.75, 3.05) is 19.0 Å². The lowest BCUT2D eigenvalue weighted by Gasteiger charge is -2.23. The summed E-state index contributed by atoms with van der Waals surface area (Å²) < 4.78 is 24.6. The topological polar surface area (TPSA) is 106 Å². The normalized spacial score (nSPS) is 14.1. The Morgan fingerprint density at radius 3 is 2.41 bits per heavy atom. The summed E-state index contributed by atoms with van der Waals surface area (Å²) in [7, 11) is 0.599. The Hall–Kier alpha value is -3.20. The summed E-state index contributed by atoms with van der Waals surface area (Å²) in [6, 6.07) is 9.39. The van der Waals surface area contributed by atoms with E-state index in [4.69, 9.17) is 0 Å². The lowest BCUT2D eigenvalue weighted by molar-refractivity contribution is -0.122. The summed E-state index contributed by atoms with van der Waals surface area (Å²) in [6.07, 6.45) is 6.60. The van der Waals surface area contributed by atoms with Crippen molar-refractivity contribution in [1.29, 1.82) is 0 Å². The Balaban J connectivity index is 1.48. The highest BCUT2D eigenvalue weighted by atomic mass is 32.2. The van der Waals surface area contributed by atoms with Crippen LogP contribution < -0.4 is 4.90 Å². The molecule has 1 aliphatic rings. The summed E-state index contributed by atoms with van der Waals surface area (Å²) in [4.78, 5) is 32.5. The molecule has 0 aliphatic heterocycles. The van der Waals surface area contributed by atoms with E-state index in [9.17, 15) is 13.2 Å². The first-order valence-electron chi connectivity index (χ1n) is 11.2. The quantitative estimate of drug-likeness (QED) is 0.461. The second-order valence-electron chi connectivity index (χ2n) is 9.44. The zero-order valence-corrected chi connectivity index (χ0v) is 20.7. The van der Waals surface area contributed by atoms with E-state index >= 15 is 0 Å². The van der Waals surface area contributed by atoms with Crippen molar-refractivity contribution in [1.82, 2.24) is 19.9 Å². The highest BCUT2D eigenvalue weighted by molar-refractivity contribution is 7.91. The van der Waals surface area contributed by atoms with Crippen molar-refractivity contribution in [3.63, 3.8) is 0 Å². The molecule has 3 aromatic rings. The van der Waals surface area contributed by atoms with Gasteiger partial charge in [-0.1, -0.05) is 24.3 Å². The lowest BCUT2D eigenvalue weighted by Crippen LogP contribution is -2.32. The number of nitrogens with zero attached hydrogens (tertiary/aromatic N) is 5. The predicted molar refractivity (Wildman–Crippen MR) is 131 cm³/mol. The minimum atomic E-state index is -3.23. The van der Waals surface area contributed by atoms with Gasteiger partial charge in [-0.15, -0.1) is 0 Å². The highest BCUT2D eigenvalue weighted by Crippen LogP contribution is 2.31. The maximum atomic E-state index is 13.2. The van der Waals surface area contributed by atoms with Gasteiger partial charge in [0.1, 0.15) is 23.2 Å². The molecule has 1 saturated carbocycles. The van der Waals surface area contributed by atoms with Crippen LogP contribution in [0.1, 0.15) is 43.8 Å². The number of benzene rings is 1. The molecule has 1 aliphatic carbocycles. The van der Waals surface area contributed by atoms with Crippen molar-refractivity contribution >= 4 is 21.4 Å². The number of sulfone groups is 1. The number of carbonyl (C=O) groups is 1. The van der Waals surface area contributed by atoms with Crippen LogP contribution in [0, 0.1) is 0 Å². The molecule has 0 radical (unpaired) electrons. The molecule has 0 N–H and O–H groups in total. The van der Waals surface area contributed by atoms with Gasteiger partial charge in [-0.05, 0) is 38.3 Å². The van der Waals surface area contributed by atoms with E-state index in [0.29, 0.717) is 18.5 Å². The molecule has 0 unspecified atom stereocenters. The molecule has 0 saturated heterocycles. The Bertz CT molecular complexity index is 1300. The van der Waals surface area contributed by atoms with Gasteiger partial charge in [0.25, 0.3) is 0 Å². The number of anilines is 1. The molecule has 0 bridgehead atoms. The molecule has 8 nitrogen and oxygen atoms in total. The fourth-order valence-corrected chi connectivity index (χ4v) is 5.18. The third kappa shape index (κ3) is 5.30. The van der Waals surface area contributed by atoms with E-state index < -0.39 is 15.3 Å². The molecule has 1 fully saturated rings. The van der Waals surface area contributed by atoms with Crippen molar-refractivity contribution in [2.24, 2.45) is 0 Å². The first-order chi connectivity index (χ1) is 16.1. The van der Waals surface area contributed by atoms with Gasteiger partial charge in [0.15, 0.2) is 9.84 Å². The van der Waals surface area contributed by atoms with Crippen molar-refractivity contribution in [2.45, 2.75) is 49.5 Å². The van der Waals surface area contributed by atoms with Gasteiger partial charge in [0.2, 0.25) is 0 Å². The maximum Gasteiger partial charge on any atom is 0.160 e. The van der Waals surface area contributed by atoms with Gasteiger partial charge in [-0.2, -0.15) is 0 Å². The molecule has 4 rings (SSSR count). The molecular weight excluding hydrogens is 450 g/mol. The van der Waals surface area contributed by atoms with Crippen molar-refractivity contribution in [3.05, 3.63) is 66.0 Å². The fraction of sp³-hybridized carbons (Fsp3) is 0.400. The Kier molecular flexibility index (Phi) is 6.49. The van der Waals surface area contributed by atoms with Crippen LogP contribution in [0.2, 0.25) is 0 Å². The Morgan fingerprint density at radius 1 is 1.06 bits per heavy atom. The second-order valence-corrected chi connectivity index (χ2v) is 11.7. The summed E-state index contributed by atoms with van der Waals surface area (Å²) in [5.74, 6) is 0.822. The Morgan fingerprint density at radius 2 is 1.76 bits per heavy atom. The monoisotopic (exact) mass is 479 g/mol. The minimum Gasteiger partial charge on any atom is -0.361 e. The summed E-state index contributed by atoms with van der Waals surface area (Å²) in [5.41, 5.74) is 2.21. The van der Waals surface area contributed by atoms with Gasteiger partial charge in [-0.25, -0.2) is 23.4 Å². The van der Waals surface area contributed by atoms with E-state index in [-0.39, 0.29) is 29.0 Å². The summed E-state index contributed by atoms with van der Waals surface area (Å²) in [6.45, 7) is 3.63. The van der Waals surface area contributed by atoms with Gasteiger partial charge in [0, 0.05) is 32.3 Å². The number of ketones is 1. The molecule has 1 aromatic carbocycles. The van der Waals surface area contributed by atoms with Crippen molar-refractivity contribution < 1.29 is 13.2 Å². The van der Waals surface area contributed by atoms with Crippen molar-refractivity contribution in [3.8, 4) is 11.3 Å². The van der Waals surface area contributed by atoms with Crippen LogP contribution in [0.25, 0.3) is 11.3 Å². The van der Waals surface area contributed by atoms with E-state index in [0.717, 1.165) is 22.6 Å². The van der Waals surface area contributed by atoms with Crippen LogP contribution in [0.15, 0.2) is 48.9 Å². The predicted octanol–water partition coefficient (Wildman–Crippen LogP) is 3.17. The van der Waals surface area contributed by atoms with Gasteiger partial charge >= 0.3 is 0 Å². The molecule has 34 heavy (non-hydrogen) atoms. The van der Waals surface area contributed by atoms with Crippen LogP contribution in [-0.2, 0) is 32.2 Å². The summed E-state index contributed by atoms with van der Waals surface area (Å²) in [5, 5.41) is -0.270. The van der Waals surface area contributed by atoms with Gasteiger partial charge < -0.3 is 4.90 Å². The largest absolute Gasteiger partial charge is 0.361 e. The van der Waals surface area contributed by atoms with Crippen LogP contribution in [-0.4, -0.2) is 53.5 Å². The molecule has 9 heteroatoms. The van der Waals surface area contributed by atoms with E-state index in [1.165, 1.54) is 6.20 Å². The van der Waals surface area contributed by atoms with Crippen LogP contribution in [0.3, 0.4) is 0 Å². The first-order valence-corrected chi connectivity index (χ1v) is 12.9. The van der Waals surface area contributed by atoms with E-state index in [1.807, 2.05) is 57.1 Å². The number of rotatable bonds is 9. The van der Waals surface area contributed by atoms with Crippen LogP contribution in [0.4, 0.5) is 5.82 Å². The average molecular weight is 480 g/mol. The average Bonchev–Trinajstić information content (AvgIpc) is 3.66. The Labute approximate surface area is 200 Å². The van der Waals surface area contributed by atoms with Gasteiger partial charge in [-0.3, -0.25) is 9.78 Å². The SMILES string of the molecule is CN(C)c1cncc(-c2ccc(CC(=O)C(C)(C)c3ccnc(CS(=O)(=O)C4CC4)n3)cc2)n1. The second kappa shape index (κ2) is 9.21. The molecule has 178 valence electrons. The highest BCUT2D eigenvalue weighted by Gasteiger charge is 2.37. The molecule has 0 atom stereocenters. The third-order valence-corrected chi connectivity index (χ3v) is 8.25. The standard InChI is InChI=1S/C25H29N5O3S/c1-25(2,21-11-12-27-23(29-21)16-34(32,33)19-9-10-19)22(31)13-17-5-7-18(8-6-17)20-14-26-15-24(28-20)30(3)4/h5-8,11-12,14-15,19H,9-10,13,16H2,1-4H3. The number of hydrogen-bond donors (Lipinski definition) is 0. The molecular formula is C25H29N5O3S. The summed E-state index contributed by atoms with van der Waals surface area (Å²) >= 11 is 0. The van der Waals surface area contributed by atoms with Crippen LogP contribution in [0.5, 0.6) is 0 Å². The zero-order valence-electron chi connectivity index (χ0n) is 19.9. The van der Waals surface area contributed by atoms with Gasteiger partial charge in [0.05, 0.1) is 34.4 Å². The van der Waals surface area contributed by atoms with E-state index in [1.54, 1.807) is 18.5 Å². The third-order valence-electron chi connectivity index (χ3n) is 6.10. The maximum absolute atomic E-state index is 13.2. The van der Waals surface area contributed by atoms with Crippen LogP contribution >= 0.6 is 0 Å². The number of aromatic nitrogens is 4. The molecule has 2 aromatic heterocycles. The molecule has 2 heterocycles.